The Balaban J connectivity index is 2.32. The van der Waals surface area contributed by atoms with E-state index in [-0.39, 0.29) is 0 Å². The summed E-state index contributed by atoms with van der Waals surface area (Å²) in [5.74, 6) is 1.13. The molecule has 1 fully saturated rings. The average molecular weight is 226 g/mol. The molecule has 1 unspecified atom stereocenters. The average Bonchev–Trinajstić information content (AvgIpc) is 2.45. The van der Waals surface area contributed by atoms with Crippen molar-refractivity contribution >= 4 is 5.91 Å². The number of unbranched alkanes of at least 4 members (excludes halogenated alkanes) is 1. The molecule has 2 N–H and O–H groups in total. The van der Waals surface area contributed by atoms with Crippen molar-refractivity contribution in [2.75, 3.05) is 19.6 Å². The number of nitrogens with zero attached hydrogens (tertiary/aromatic N) is 1. The number of carbonyl (C=O) groups is 1. The molecule has 0 aromatic heterocycles. The molecule has 16 heavy (non-hydrogen) atoms. The van der Waals surface area contributed by atoms with Gasteiger partial charge in [0.2, 0.25) is 5.91 Å². The van der Waals surface area contributed by atoms with Crippen molar-refractivity contribution in [3.63, 3.8) is 0 Å². The van der Waals surface area contributed by atoms with E-state index in [4.69, 9.17) is 5.73 Å². The summed E-state index contributed by atoms with van der Waals surface area (Å²) >= 11 is 0. The van der Waals surface area contributed by atoms with Crippen molar-refractivity contribution in [1.29, 1.82) is 0 Å². The molecule has 94 valence electrons. The highest BCUT2D eigenvalue weighted by Gasteiger charge is 2.21. The number of likely N-dealkylation sites (tertiary alicyclic amines) is 1. The zero-order valence-electron chi connectivity index (χ0n) is 10.6. The number of nitrogens with two attached hydrogens (primary N) is 1. The summed E-state index contributed by atoms with van der Waals surface area (Å²) in [6.45, 7) is 4.84. The lowest BCUT2D eigenvalue weighted by molar-refractivity contribution is -0.130. The number of hydrogen-bond acceptors (Lipinski definition) is 2. The topological polar surface area (TPSA) is 46.3 Å². The Morgan fingerprint density at radius 3 is 2.88 bits per heavy atom. The minimum Gasteiger partial charge on any atom is -0.343 e. The van der Waals surface area contributed by atoms with Crippen molar-refractivity contribution in [2.24, 2.45) is 11.7 Å². The van der Waals surface area contributed by atoms with Crippen LogP contribution in [0.1, 0.15) is 51.9 Å². The van der Waals surface area contributed by atoms with Crippen LogP contribution < -0.4 is 5.73 Å². The summed E-state index contributed by atoms with van der Waals surface area (Å²) in [5, 5.41) is 0. The molecule has 0 bridgehead atoms. The van der Waals surface area contributed by atoms with E-state index < -0.39 is 0 Å². The zero-order chi connectivity index (χ0) is 11.8. The van der Waals surface area contributed by atoms with Crippen LogP contribution in [0.5, 0.6) is 0 Å². The number of amides is 1. The third kappa shape index (κ3) is 4.52. The van der Waals surface area contributed by atoms with Gasteiger partial charge in [0.05, 0.1) is 0 Å². The van der Waals surface area contributed by atoms with E-state index in [9.17, 15) is 4.79 Å². The Hall–Kier alpha value is -0.570. The predicted molar refractivity (Wildman–Crippen MR) is 67.1 cm³/mol. The highest BCUT2D eigenvalue weighted by Crippen LogP contribution is 2.22. The fourth-order valence-corrected chi connectivity index (χ4v) is 2.47. The van der Waals surface area contributed by atoms with Gasteiger partial charge in [-0.3, -0.25) is 4.79 Å². The molecule has 0 aromatic rings. The third-order valence-corrected chi connectivity index (χ3v) is 3.51. The van der Waals surface area contributed by atoms with Crippen LogP contribution in [0, 0.1) is 5.92 Å². The number of rotatable bonds is 6. The lowest BCUT2D eigenvalue weighted by Gasteiger charge is -2.20. The molecule has 1 saturated heterocycles. The lowest BCUT2D eigenvalue weighted by atomic mass is 9.96. The van der Waals surface area contributed by atoms with Gasteiger partial charge in [0, 0.05) is 19.5 Å². The van der Waals surface area contributed by atoms with E-state index in [0.717, 1.165) is 51.2 Å². The first-order valence-electron chi connectivity index (χ1n) is 6.75. The van der Waals surface area contributed by atoms with Gasteiger partial charge in [-0.15, -0.1) is 0 Å². The van der Waals surface area contributed by atoms with Gasteiger partial charge < -0.3 is 10.6 Å². The molecule has 3 heteroatoms. The summed E-state index contributed by atoms with van der Waals surface area (Å²) in [4.78, 5) is 13.9. The van der Waals surface area contributed by atoms with Gasteiger partial charge >= 0.3 is 0 Å². The van der Waals surface area contributed by atoms with Gasteiger partial charge in [-0.2, -0.15) is 0 Å². The van der Waals surface area contributed by atoms with Crippen molar-refractivity contribution in [3.8, 4) is 0 Å². The predicted octanol–water partition coefficient (Wildman–Crippen LogP) is 2.15. The molecular formula is C13H26N2O. The normalized spacial score (nSPS) is 22.2. The van der Waals surface area contributed by atoms with Crippen LogP contribution in [0.4, 0.5) is 0 Å². The maximum Gasteiger partial charge on any atom is 0.222 e. The lowest BCUT2D eigenvalue weighted by Crippen LogP contribution is -2.31. The minimum atomic E-state index is 0.357. The van der Waals surface area contributed by atoms with Crippen LogP contribution in [-0.2, 0) is 4.79 Å². The molecule has 0 spiro atoms. The molecule has 1 heterocycles. The molecule has 1 aliphatic rings. The van der Waals surface area contributed by atoms with E-state index in [1.54, 1.807) is 0 Å². The molecule has 0 saturated carbocycles. The van der Waals surface area contributed by atoms with Crippen molar-refractivity contribution in [3.05, 3.63) is 0 Å². The Labute approximate surface area is 99.4 Å². The Morgan fingerprint density at radius 2 is 2.19 bits per heavy atom. The number of carbonyl (C=O) groups excluding carboxylic acids is 1. The van der Waals surface area contributed by atoms with Crippen LogP contribution in [0.2, 0.25) is 0 Å². The third-order valence-electron chi connectivity index (χ3n) is 3.51. The second kappa shape index (κ2) is 7.66. The van der Waals surface area contributed by atoms with E-state index in [2.05, 4.69) is 6.92 Å². The van der Waals surface area contributed by atoms with Crippen LogP contribution in [0.25, 0.3) is 0 Å². The second-order valence-corrected chi connectivity index (χ2v) is 4.86. The number of hydrogen-bond donors (Lipinski definition) is 1. The molecule has 1 rings (SSSR count). The standard InChI is InChI=1S/C13H26N2O/c1-2-5-12-6-7-13(16)15(11-8-12)10-4-3-9-14/h12H,2-11,14H2,1H3. The van der Waals surface area contributed by atoms with Gasteiger partial charge in [-0.25, -0.2) is 0 Å². The van der Waals surface area contributed by atoms with E-state index in [1.807, 2.05) is 4.90 Å². The van der Waals surface area contributed by atoms with Crippen LogP contribution >= 0.6 is 0 Å². The van der Waals surface area contributed by atoms with Gasteiger partial charge in [0.1, 0.15) is 0 Å². The summed E-state index contributed by atoms with van der Waals surface area (Å²) in [5.41, 5.74) is 5.47. The van der Waals surface area contributed by atoms with Crippen molar-refractivity contribution in [2.45, 2.75) is 51.9 Å². The van der Waals surface area contributed by atoms with Crippen molar-refractivity contribution in [1.82, 2.24) is 4.90 Å². The fraction of sp³-hybridized carbons (Fsp3) is 0.923. The zero-order valence-corrected chi connectivity index (χ0v) is 10.6. The smallest absolute Gasteiger partial charge is 0.222 e. The van der Waals surface area contributed by atoms with Gasteiger partial charge in [-0.1, -0.05) is 19.8 Å². The monoisotopic (exact) mass is 226 g/mol. The van der Waals surface area contributed by atoms with Crippen molar-refractivity contribution < 1.29 is 4.79 Å². The highest BCUT2D eigenvalue weighted by atomic mass is 16.2. The first-order chi connectivity index (χ1) is 7.77. The van der Waals surface area contributed by atoms with E-state index >= 15 is 0 Å². The van der Waals surface area contributed by atoms with Crippen LogP contribution in [0.3, 0.4) is 0 Å². The Bertz CT molecular complexity index is 206. The first-order valence-corrected chi connectivity index (χ1v) is 6.75. The molecule has 3 nitrogen and oxygen atoms in total. The molecular weight excluding hydrogens is 200 g/mol. The maximum absolute atomic E-state index is 11.9. The molecule has 0 radical (unpaired) electrons. The second-order valence-electron chi connectivity index (χ2n) is 4.86. The Morgan fingerprint density at radius 1 is 1.38 bits per heavy atom. The SMILES string of the molecule is CCCC1CCC(=O)N(CCCCN)CC1. The quantitative estimate of drug-likeness (QED) is 0.705. The van der Waals surface area contributed by atoms with Gasteiger partial charge in [0.25, 0.3) is 0 Å². The largest absolute Gasteiger partial charge is 0.343 e. The van der Waals surface area contributed by atoms with Gasteiger partial charge in [-0.05, 0) is 38.1 Å². The summed E-state index contributed by atoms with van der Waals surface area (Å²) in [6.07, 6.45) is 7.66. The Kier molecular flexibility index (Phi) is 6.46. The fourth-order valence-electron chi connectivity index (χ4n) is 2.47. The molecule has 1 aliphatic heterocycles. The van der Waals surface area contributed by atoms with Crippen LogP contribution in [0.15, 0.2) is 0 Å². The minimum absolute atomic E-state index is 0.357. The van der Waals surface area contributed by atoms with E-state index in [1.165, 1.54) is 19.3 Å². The molecule has 0 aromatic carbocycles. The highest BCUT2D eigenvalue weighted by molar-refractivity contribution is 5.76. The molecule has 0 aliphatic carbocycles. The summed E-state index contributed by atoms with van der Waals surface area (Å²) < 4.78 is 0. The maximum atomic E-state index is 11.9. The summed E-state index contributed by atoms with van der Waals surface area (Å²) in [6, 6.07) is 0. The molecule has 1 atom stereocenters. The molecule has 1 amide bonds. The van der Waals surface area contributed by atoms with Gasteiger partial charge in [0.15, 0.2) is 0 Å². The first kappa shape index (κ1) is 13.5. The summed E-state index contributed by atoms with van der Waals surface area (Å²) in [7, 11) is 0. The van der Waals surface area contributed by atoms with E-state index in [0.29, 0.717) is 5.91 Å². The van der Waals surface area contributed by atoms with Crippen LogP contribution in [-0.4, -0.2) is 30.4 Å².